The minimum Gasteiger partial charge on any atom is -0.370 e. The molecule has 1 rings (SSSR count). The van der Waals surface area contributed by atoms with Gasteiger partial charge in [-0.15, -0.1) is 0 Å². The van der Waals surface area contributed by atoms with Crippen LogP contribution in [-0.4, -0.2) is 41.6 Å². The van der Waals surface area contributed by atoms with E-state index in [0.717, 1.165) is 24.8 Å². The fourth-order valence-electron chi connectivity index (χ4n) is 3.05. The van der Waals surface area contributed by atoms with Gasteiger partial charge in [0.05, 0.1) is 12.5 Å². The summed E-state index contributed by atoms with van der Waals surface area (Å²) in [6.45, 7) is 2.58. The van der Waals surface area contributed by atoms with E-state index in [-0.39, 0.29) is 6.42 Å². The van der Waals surface area contributed by atoms with Crippen LogP contribution in [-0.2, 0) is 20.8 Å². The van der Waals surface area contributed by atoms with E-state index in [1.54, 1.807) is 0 Å². The van der Waals surface area contributed by atoms with E-state index < -0.39 is 23.9 Å². The molecule has 6 heteroatoms. The Hall–Kier alpha value is -2.21. The number of carbonyl (C=O) groups is 2. The van der Waals surface area contributed by atoms with Crippen LogP contribution in [0.3, 0.4) is 0 Å². The zero-order valence-corrected chi connectivity index (χ0v) is 16.2. The van der Waals surface area contributed by atoms with Crippen LogP contribution >= 0.6 is 0 Å². The SMILES string of the molecule is CCCCCCCCN(C(=O)[C@@H](N)CC(N)=O)[C@H]([C]=O)Cc1ccccc1. The molecule has 0 unspecified atom stereocenters. The molecule has 2 amide bonds. The van der Waals surface area contributed by atoms with Crippen molar-refractivity contribution in [3.05, 3.63) is 35.9 Å². The van der Waals surface area contributed by atoms with Gasteiger partial charge in [-0.05, 0) is 12.0 Å². The Bertz CT molecular complexity index is 577. The fraction of sp³-hybridized carbons (Fsp3) is 0.571. The van der Waals surface area contributed by atoms with E-state index in [4.69, 9.17) is 11.5 Å². The van der Waals surface area contributed by atoms with Gasteiger partial charge in [0, 0.05) is 13.0 Å². The number of amides is 2. The Balaban J connectivity index is 2.78. The highest BCUT2D eigenvalue weighted by Gasteiger charge is 2.28. The van der Waals surface area contributed by atoms with Gasteiger partial charge in [0.25, 0.3) is 0 Å². The minimum absolute atomic E-state index is 0.233. The number of hydrogen-bond acceptors (Lipinski definition) is 4. The third-order valence-electron chi connectivity index (χ3n) is 4.56. The van der Waals surface area contributed by atoms with Gasteiger partial charge >= 0.3 is 0 Å². The molecule has 0 fully saturated rings. The molecular weight excluding hydrogens is 342 g/mol. The molecule has 0 saturated carbocycles. The lowest BCUT2D eigenvalue weighted by Gasteiger charge is -2.30. The number of nitrogens with two attached hydrogens (primary N) is 2. The first-order valence-corrected chi connectivity index (χ1v) is 9.75. The summed E-state index contributed by atoms with van der Waals surface area (Å²) < 4.78 is 0. The molecule has 2 atom stereocenters. The molecule has 4 N–H and O–H groups in total. The maximum absolute atomic E-state index is 12.7. The molecule has 0 saturated heterocycles. The lowest BCUT2D eigenvalue weighted by Crippen LogP contribution is -2.51. The van der Waals surface area contributed by atoms with Crippen LogP contribution in [0.25, 0.3) is 0 Å². The Morgan fingerprint density at radius 3 is 2.30 bits per heavy atom. The highest BCUT2D eigenvalue weighted by atomic mass is 16.2. The van der Waals surface area contributed by atoms with Crippen molar-refractivity contribution in [3.8, 4) is 0 Å². The van der Waals surface area contributed by atoms with E-state index in [9.17, 15) is 14.4 Å². The summed E-state index contributed by atoms with van der Waals surface area (Å²) in [5.74, 6) is -1.06. The highest BCUT2D eigenvalue weighted by Crippen LogP contribution is 2.13. The third kappa shape index (κ3) is 8.82. The van der Waals surface area contributed by atoms with Gasteiger partial charge in [-0.2, -0.15) is 0 Å². The molecule has 0 aliphatic carbocycles. The second-order valence-electron chi connectivity index (χ2n) is 6.90. The van der Waals surface area contributed by atoms with Crippen molar-refractivity contribution in [3.63, 3.8) is 0 Å². The molecule has 27 heavy (non-hydrogen) atoms. The van der Waals surface area contributed by atoms with Gasteiger partial charge in [-0.3, -0.25) is 14.4 Å². The van der Waals surface area contributed by atoms with E-state index in [1.807, 2.05) is 36.6 Å². The van der Waals surface area contributed by atoms with Gasteiger partial charge in [-0.25, -0.2) is 0 Å². The topological polar surface area (TPSA) is 106 Å². The molecule has 1 aromatic rings. The minimum atomic E-state index is -1.03. The predicted molar refractivity (Wildman–Crippen MR) is 107 cm³/mol. The van der Waals surface area contributed by atoms with E-state index >= 15 is 0 Å². The first kappa shape index (κ1) is 22.8. The van der Waals surface area contributed by atoms with Gasteiger partial charge < -0.3 is 16.4 Å². The van der Waals surface area contributed by atoms with E-state index in [2.05, 4.69) is 6.92 Å². The maximum Gasteiger partial charge on any atom is 0.240 e. The largest absolute Gasteiger partial charge is 0.370 e. The van der Waals surface area contributed by atoms with Crippen molar-refractivity contribution in [2.75, 3.05) is 6.54 Å². The molecular formula is C21H32N3O3. The summed E-state index contributed by atoms with van der Waals surface area (Å²) in [6.07, 6.45) is 8.51. The Kier molecular flexibility index (Phi) is 11.0. The molecule has 0 bridgehead atoms. The van der Waals surface area contributed by atoms with Crippen molar-refractivity contribution in [1.82, 2.24) is 4.90 Å². The van der Waals surface area contributed by atoms with Gasteiger partial charge in [0.2, 0.25) is 18.1 Å². The van der Waals surface area contributed by atoms with E-state index in [1.165, 1.54) is 24.2 Å². The maximum atomic E-state index is 12.7. The van der Waals surface area contributed by atoms with Crippen molar-refractivity contribution in [2.24, 2.45) is 11.5 Å². The summed E-state index contributed by atoms with van der Waals surface area (Å²) in [5.41, 5.74) is 12.0. The van der Waals surface area contributed by atoms with Gasteiger partial charge in [0.15, 0.2) is 0 Å². The lowest BCUT2D eigenvalue weighted by atomic mass is 10.0. The Labute approximate surface area is 162 Å². The second-order valence-corrected chi connectivity index (χ2v) is 6.90. The number of primary amides is 1. The highest BCUT2D eigenvalue weighted by molar-refractivity contribution is 5.89. The third-order valence-corrected chi connectivity index (χ3v) is 4.56. The summed E-state index contributed by atoms with van der Waals surface area (Å²) in [4.78, 5) is 37.0. The number of hydrogen-bond donors (Lipinski definition) is 2. The molecule has 0 aromatic heterocycles. The molecule has 6 nitrogen and oxygen atoms in total. The fourth-order valence-corrected chi connectivity index (χ4v) is 3.05. The smallest absolute Gasteiger partial charge is 0.240 e. The molecule has 0 aliphatic heterocycles. The molecule has 0 aliphatic rings. The number of benzene rings is 1. The summed E-state index contributed by atoms with van der Waals surface area (Å²) in [6, 6.07) is 7.71. The Morgan fingerprint density at radius 1 is 1.07 bits per heavy atom. The average Bonchev–Trinajstić information content (AvgIpc) is 2.66. The van der Waals surface area contributed by atoms with Crippen LogP contribution < -0.4 is 11.5 Å². The van der Waals surface area contributed by atoms with Crippen LogP contribution in [0, 0.1) is 0 Å². The van der Waals surface area contributed by atoms with Crippen molar-refractivity contribution < 1.29 is 14.4 Å². The van der Waals surface area contributed by atoms with E-state index in [0.29, 0.717) is 13.0 Å². The van der Waals surface area contributed by atoms with Gasteiger partial charge in [-0.1, -0.05) is 69.4 Å². The van der Waals surface area contributed by atoms with Gasteiger partial charge in [0.1, 0.15) is 6.04 Å². The number of carbonyl (C=O) groups excluding carboxylic acids is 3. The molecule has 1 radical (unpaired) electrons. The van der Waals surface area contributed by atoms with Crippen molar-refractivity contribution in [1.29, 1.82) is 0 Å². The Morgan fingerprint density at radius 2 is 1.70 bits per heavy atom. The van der Waals surface area contributed by atoms with Crippen molar-refractivity contribution in [2.45, 2.75) is 70.4 Å². The molecule has 1 aromatic carbocycles. The van der Waals surface area contributed by atoms with Crippen LogP contribution in [0.15, 0.2) is 30.3 Å². The summed E-state index contributed by atoms with van der Waals surface area (Å²) in [7, 11) is 0. The number of rotatable bonds is 14. The molecule has 0 spiro atoms. The van der Waals surface area contributed by atoms with Crippen LogP contribution in [0.4, 0.5) is 0 Å². The lowest BCUT2D eigenvalue weighted by molar-refractivity contribution is -0.135. The summed E-state index contributed by atoms with van der Waals surface area (Å²) in [5, 5.41) is 0. The van der Waals surface area contributed by atoms with Crippen LogP contribution in [0.5, 0.6) is 0 Å². The second kappa shape index (κ2) is 13.0. The van der Waals surface area contributed by atoms with Crippen LogP contribution in [0.1, 0.15) is 57.4 Å². The van der Waals surface area contributed by atoms with Crippen molar-refractivity contribution >= 4 is 18.1 Å². The zero-order valence-electron chi connectivity index (χ0n) is 16.2. The number of unbranched alkanes of at least 4 members (excludes halogenated alkanes) is 5. The normalized spacial score (nSPS) is 13.0. The summed E-state index contributed by atoms with van der Waals surface area (Å²) >= 11 is 0. The molecule has 149 valence electrons. The molecule has 0 heterocycles. The average molecular weight is 375 g/mol. The quantitative estimate of drug-likeness (QED) is 0.486. The standard InChI is InChI=1S/C21H32N3O3/c1-2-3-4-5-6-10-13-24(21(27)19(22)15-20(23)26)18(16-25)14-17-11-8-7-9-12-17/h7-9,11-12,18-19H,2-6,10,13-15,22H2,1H3,(H2,23,26)/t18-,19-/m0/s1. The monoisotopic (exact) mass is 374 g/mol. The number of nitrogens with zero attached hydrogens (tertiary/aromatic N) is 1. The first-order chi connectivity index (χ1) is 13.0. The first-order valence-electron chi connectivity index (χ1n) is 9.75. The van der Waals surface area contributed by atoms with Crippen LogP contribution in [0.2, 0.25) is 0 Å². The predicted octanol–water partition coefficient (Wildman–Crippen LogP) is 2.10. The zero-order chi connectivity index (χ0) is 20.1.